The first-order valence-electron chi connectivity index (χ1n) is 2.79. The molecule has 0 saturated carbocycles. The van der Waals surface area contributed by atoms with Gasteiger partial charge in [-0.2, -0.15) is 0 Å². The highest BCUT2D eigenvalue weighted by atomic mass is 16.1. The van der Waals surface area contributed by atoms with E-state index in [1.165, 1.54) is 0 Å². The van der Waals surface area contributed by atoms with E-state index in [0.717, 1.165) is 13.1 Å². The van der Waals surface area contributed by atoms with Crippen molar-refractivity contribution in [1.29, 1.82) is 0 Å². The van der Waals surface area contributed by atoms with Gasteiger partial charge in [-0.15, -0.1) is 0 Å². The van der Waals surface area contributed by atoms with Crippen LogP contribution in [0.3, 0.4) is 0 Å². The molecule has 0 aliphatic heterocycles. The normalized spacial score (nSPS) is 9.38. The van der Waals surface area contributed by atoms with Crippen molar-refractivity contribution in [1.82, 2.24) is 10.4 Å². The van der Waals surface area contributed by atoms with Gasteiger partial charge in [0.15, 0.2) is 0 Å². The number of nitrogens with one attached hydrogen (secondary N) is 1. The SMILES string of the molecule is CCN(CC)NC=O. The van der Waals surface area contributed by atoms with Gasteiger partial charge in [-0.3, -0.25) is 10.2 Å². The van der Waals surface area contributed by atoms with E-state index >= 15 is 0 Å². The molecule has 0 aromatic carbocycles. The first-order chi connectivity index (χ1) is 3.85. The lowest BCUT2D eigenvalue weighted by atomic mass is 10.6. The maximum atomic E-state index is 9.78. The molecule has 0 aliphatic carbocycles. The first-order valence-corrected chi connectivity index (χ1v) is 2.79. The van der Waals surface area contributed by atoms with Crippen LogP contribution in [0.25, 0.3) is 0 Å². The summed E-state index contributed by atoms with van der Waals surface area (Å²) in [6.45, 7) is 5.68. The minimum absolute atomic E-state index is 0.688. The zero-order valence-corrected chi connectivity index (χ0v) is 5.35. The maximum absolute atomic E-state index is 9.78. The van der Waals surface area contributed by atoms with Crippen molar-refractivity contribution in [3.05, 3.63) is 0 Å². The van der Waals surface area contributed by atoms with E-state index in [1.54, 1.807) is 0 Å². The molecule has 0 atom stereocenters. The molecule has 0 saturated heterocycles. The molecule has 0 aromatic heterocycles. The van der Waals surface area contributed by atoms with Gasteiger partial charge in [0, 0.05) is 13.1 Å². The molecule has 3 nitrogen and oxygen atoms in total. The van der Waals surface area contributed by atoms with Crippen LogP contribution in [0.4, 0.5) is 0 Å². The Morgan fingerprint density at radius 3 is 2.12 bits per heavy atom. The molecular formula is C5H12N2O. The summed E-state index contributed by atoms with van der Waals surface area (Å²) in [5.41, 5.74) is 2.53. The summed E-state index contributed by atoms with van der Waals surface area (Å²) in [4.78, 5) is 9.78. The Morgan fingerprint density at radius 1 is 1.50 bits per heavy atom. The maximum Gasteiger partial charge on any atom is 0.221 e. The third-order valence-corrected chi connectivity index (χ3v) is 0.999. The van der Waals surface area contributed by atoms with Crippen molar-refractivity contribution in [3.8, 4) is 0 Å². The predicted molar refractivity (Wildman–Crippen MR) is 32.1 cm³/mol. The van der Waals surface area contributed by atoms with Gasteiger partial charge in [0.05, 0.1) is 0 Å². The van der Waals surface area contributed by atoms with Gasteiger partial charge in [-0.05, 0) is 0 Å². The average molecular weight is 116 g/mol. The predicted octanol–water partition coefficient (Wildman–Crippen LogP) is -0.0108. The first kappa shape index (κ1) is 7.43. The van der Waals surface area contributed by atoms with E-state index < -0.39 is 0 Å². The Morgan fingerprint density at radius 2 is 2.00 bits per heavy atom. The molecule has 48 valence electrons. The van der Waals surface area contributed by atoms with Crippen LogP contribution in [0.1, 0.15) is 13.8 Å². The Hall–Kier alpha value is -0.570. The smallest absolute Gasteiger partial charge is 0.221 e. The summed E-state index contributed by atoms with van der Waals surface area (Å²) < 4.78 is 0. The van der Waals surface area contributed by atoms with E-state index in [9.17, 15) is 4.79 Å². The van der Waals surface area contributed by atoms with Crippen molar-refractivity contribution >= 4 is 6.41 Å². The van der Waals surface area contributed by atoms with E-state index in [4.69, 9.17) is 0 Å². The van der Waals surface area contributed by atoms with Crippen molar-refractivity contribution in [3.63, 3.8) is 0 Å². The lowest BCUT2D eigenvalue weighted by molar-refractivity contribution is -0.113. The second-order valence-electron chi connectivity index (χ2n) is 1.42. The molecular weight excluding hydrogens is 104 g/mol. The number of hydrogen-bond donors (Lipinski definition) is 1. The molecule has 8 heavy (non-hydrogen) atoms. The van der Waals surface area contributed by atoms with Crippen LogP contribution in [0.5, 0.6) is 0 Å². The fourth-order valence-corrected chi connectivity index (χ4v) is 0.481. The molecule has 3 heteroatoms. The zero-order chi connectivity index (χ0) is 6.41. The standard InChI is InChI=1S/C5H12N2O/c1-3-7(4-2)6-5-8/h5H,3-4H2,1-2H3,(H,6,8). The highest BCUT2D eigenvalue weighted by Gasteiger charge is 1.90. The van der Waals surface area contributed by atoms with E-state index in [0.29, 0.717) is 6.41 Å². The van der Waals surface area contributed by atoms with Crippen LogP contribution in [0, 0.1) is 0 Å². The van der Waals surface area contributed by atoms with Crippen LogP contribution in [-0.2, 0) is 4.79 Å². The molecule has 0 spiro atoms. The highest BCUT2D eigenvalue weighted by Crippen LogP contribution is 1.74. The molecule has 0 aliphatic rings. The Balaban J connectivity index is 3.20. The molecule has 0 unspecified atom stereocenters. The summed E-state index contributed by atoms with van der Waals surface area (Å²) in [5, 5.41) is 1.81. The van der Waals surface area contributed by atoms with Gasteiger partial charge in [0.25, 0.3) is 0 Å². The van der Waals surface area contributed by atoms with Gasteiger partial charge in [0.2, 0.25) is 6.41 Å². The number of rotatable bonds is 4. The van der Waals surface area contributed by atoms with Crippen molar-refractivity contribution in [2.24, 2.45) is 0 Å². The topological polar surface area (TPSA) is 32.3 Å². The number of amides is 1. The second-order valence-corrected chi connectivity index (χ2v) is 1.42. The van der Waals surface area contributed by atoms with Crippen LogP contribution in [0.15, 0.2) is 0 Å². The average Bonchev–Trinajstić information content (AvgIpc) is 1.83. The molecule has 0 bridgehead atoms. The zero-order valence-electron chi connectivity index (χ0n) is 5.35. The van der Waals surface area contributed by atoms with Crippen molar-refractivity contribution in [2.45, 2.75) is 13.8 Å². The molecule has 0 rings (SSSR count). The molecule has 0 heterocycles. The van der Waals surface area contributed by atoms with E-state index in [2.05, 4.69) is 5.43 Å². The number of carbonyl (C=O) groups excluding carboxylic acids is 1. The quantitative estimate of drug-likeness (QED) is 0.414. The Labute approximate surface area is 49.6 Å². The van der Waals surface area contributed by atoms with Crippen LogP contribution >= 0.6 is 0 Å². The fraction of sp³-hybridized carbons (Fsp3) is 0.800. The largest absolute Gasteiger partial charge is 0.292 e. The Bertz CT molecular complexity index is 61.4. The molecule has 0 fully saturated rings. The minimum Gasteiger partial charge on any atom is -0.292 e. The van der Waals surface area contributed by atoms with Crippen molar-refractivity contribution in [2.75, 3.05) is 13.1 Å². The fourth-order valence-electron chi connectivity index (χ4n) is 0.481. The van der Waals surface area contributed by atoms with Gasteiger partial charge in [-0.1, -0.05) is 13.8 Å². The number of hydrazine groups is 1. The van der Waals surface area contributed by atoms with Gasteiger partial charge < -0.3 is 0 Å². The summed E-state index contributed by atoms with van der Waals surface area (Å²) in [7, 11) is 0. The summed E-state index contributed by atoms with van der Waals surface area (Å²) in [6.07, 6.45) is 0.688. The van der Waals surface area contributed by atoms with Gasteiger partial charge in [-0.25, -0.2) is 5.01 Å². The van der Waals surface area contributed by atoms with E-state index in [-0.39, 0.29) is 0 Å². The molecule has 0 aromatic rings. The van der Waals surface area contributed by atoms with Crippen LogP contribution in [0.2, 0.25) is 0 Å². The van der Waals surface area contributed by atoms with Gasteiger partial charge in [0.1, 0.15) is 0 Å². The minimum atomic E-state index is 0.688. The molecule has 1 amide bonds. The number of nitrogens with zero attached hydrogens (tertiary/aromatic N) is 1. The second kappa shape index (κ2) is 4.59. The molecule has 0 radical (unpaired) electrons. The third-order valence-electron chi connectivity index (χ3n) is 0.999. The number of carbonyl (C=O) groups is 1. The summed E-state index contributed by atoms with van der Waals surface area (Å²) >= 11 is 0. The summed E-state index contributed by atoms with van der Waals surface area (Å²) in [6, 6.07) is 0. The van der Waals surface area contributed by atoms with Gasteiger partial charge >= 0.3 is 0 Å². The summed E-state index contributed by atoms with van der Waals surface area (Å²) in [5.74, 6) is 0. The third kappa shape index (κ3) is 2.58. The lowest BCUT2D eigenvalue weighted by Crippen LogP contribution is -2.36. The number of hydrogen-bond acceptors (Lipinski definition) is 2. The lowest BCUT2D eigenvalue weighted by Gasteiger charge is -2.14. The highest BCUT2D eigenvalue weighted by molar-refractivity contribution is 5.44. The van der Waals surface area contributed by atoms with Crippen LogP contribution in [-0.4, -0.2) is 24.5 Å². The monoisotopic (exact) mass is 116 g/mol. The molecule has 1 N–H and O–H groups in total. The van der Waals surface area contributed by atoms with Crippen molar-refractivity contribution < 1.29 is 4.79 Å². The van der Waals surface area contributed by atoms with E-state index in [1.807, 2.05) is 18.9 Å². The Kier molecular flexibility index (Phi) is 4.26. The van der Waals surface area contributed by atoms with Crippen LogP contribution < -0.4 is 5.43 Å².